The number of rotatable bonds is 6. The Balaban J connectivity index is 1.81. The summed E-state index contributed by atoms with van der Waals surface area (Å²) in [5.74, 6) is -0.750. The van der Waals surface area contributed by atoms with Gasteiger partial charge in [0, 0.05) is 25.4 Å². The molecule has 2 N–H and O–H groups in total. The van der Waals surface area contributed by atoms with Crippen LogP contribution in [-0.2, 0) is 11.3 Å². The van der Waals surface area contributed by atoms with E-state index in [1.165, 1.54) is 0 Å². The second kappa shape index (κ2) is 5.45. The van der Waals surface area contributed by atoms with Gasteiger partial charge in [-0.1, -0.05) is 6.07 Å². The van der Waals surface area contributed by atoms with Gasteiger partial charge in [0.2, 0.25) is 0 Å². The van der Waals surface area contributed by atoms with Crippen LogP contribution in [0.4, 0.5) is 0 Å². The number of aliphatic carboxylic acids is 1. The smallest absolute Gasteiger partial charge is 0.303 e. The number of hydrogen-bond acceptors (Lipinski definition) is 3. The first-order valence-corrected chi connectivity index (χ1v) is 5.61. The van der Waals surface area contributed by atoms with Gasteiger partial charge in [-0.15, -0.1) is 0 Å². The molecular formula is C12H15N3O2. The molecule has 0 radical (unpaired) electrons. The first-order valence-electron chi connectivity index (χ1n) is 5.61. The number of carboxylic acid groups (broad SMARTS) is 1. The summed E-state index contributed by atoms with van der Waals surface area (Å²) in [6.45, 7) is 1.36. The van der Waals surface area contributed by atoms with Crippen molar-refractivity contribution in [3.8, 4) is 0 Å². The molecule has 2 heterocycles. The molecule has 17 heavy (non-hydrogen) atoms. The third-order valence-corrected chi connectivity index (χ3v) is 2.46. The molecule has 0 atom stereocenters. The van der Waals surface area contributed by atoms with Crippen molar-refractivity contribution >= 4 is 11.6 Å². The molecule has 0 aliphatic carbocycles. The average molecular weight is 233 g/mol. The minimum Gasteiger partial charge on any atom is -0.481 e. The van der Waals surface area contributed by atoms with Gasteiger partial charge in [0.1, 0.15) is 5.65 Å². The lowest BCUT2D eigenvalue weighted by molar-refractivity contribution is -0.137. The summed E-state index contributed by atoms with van der Waals surface area (Å²) in [7, 11) is 0. The maximum absolute atomic E-state index is 10.3. The third-order valence-electron chi connectivity index (χ3n) is 2.46. The highest BCUT2D eigenvalue weighted by Gasteiger charge is 2.00. The molecule has 0 bridgehead atoms. The zero-order chi connectivity index (χ0) is 12.1. The van der Waals surface area contributed by atoms with E-state index in [2.05, 4.69) is 10.3 Å². The van der Waals surface area contributed by atoms with E-state index in [1.807, 2.05) is 35.0 Å². The molecule has 0 saturated carbocycles. The van der Waals surface area contributed by atoms with Gasteiger partial charge in [-0.25, -0.2) is 4.98 Å². The van der Waals surface area contributed by atoms with Crippen LogP contribution in [0.3, 0.4) is 0 Å². The molecule has 0 aliphatic heterocycles. The van der Waals surface area contributed by atoms with Crippen LogP contribution in [0.2, 0.25) is 0 Å². The van der Waals surface area contributed by atoms with Crippen LogP contribution < -0.4 is 5.32 Å². The lowest BCUT2D eigenvalue weighted by Gasteiger charge is -1.99. The molecule has 0 fully saturated rings. The van der Waals surface area contributed by atoms with E-state index in [1.54, 1.807) is 0 Å². The topological polar surface area (TPSA) is 66.6 Å². The molecular weight excluding hydrogens is 218 g/mol. The second-order valence-electron chi connectivity index (χ2n) is 3.87. The van der Waals surface area contributed by atoms with E-state index in [0.717, 1.165) is 11.3 Å². The van der Waals surface area contributed by atoms with Crippen molar-refractivity contribution in [2.75, 3.05) is 6.54 Å². The number of nitrogens with zero attached hydrogens (tertiary/aromatic N) is 2. The fraction of sp³-hybridized carbons (Fsp3) is 0.333. The summed E-state index contributed by atoms with van der Waals surface area (Å²) in [6, 6.07) is 5.86. The van der Waals surface area contributed by atoms with Gasteiger partial charge in [0.15, 0.2) is 0 Å². The first-order chi connectivity index (χ1) is 8.25. The Kier molecular flexibility index (Phi) is 3.72. The van der Waals surface area contributed by atoms with Gasteiger partial charge in [0.25, 0.3) is 0 Å². The van der Waals surface area contributed by atoms with Gasteiger partial charge in [-0.2, -0.15) is 0 Å². The number of nitrogens with one attached hydrogen (secondary N) is 1. The van der Waals surface area contributed by atoms with Crippen LogP contribution in [0.1, 0.15) is 18.5 Å². The van der Waals surface area contributed by atoms with E-state index >= 15 is 0 Å². The summed E-state index contributed by atoms with van der Waals surface area (Å²) in [5.41, 5.74) is 1.89. The van der Waals surface area contributed by atoms with Crippen molar-refractivity contribution < 1.29 is 9.90 Å². The molecule has 0 spiro atoms. The molecule has 5 nitrogen and oxygen atoms in total. The normalized spacial score (nSPS) is 10.8. The molecule has 0 aromatic carbocycles. The average Bonchev–Trinajstić information content (AvgIpc) is 2.70. The summed E-state index contributed by atoms with van der Waals surface area (Å²) in [6.07, 6.45) is 4.77. The van der Waals surface area contributed by atoms with Crippen LogP contribution in [0.5, 0.6) is 0 Å². The van der Waals surface area contributed by atoms with E-state index in [9.17, 15) is 4.79 Å². The Morgan fingerprint density at radius 2 is 2.35 bits per heavy atom. The molecule has 0 saturated heterocycles. The second-order valence-corrected chi connectivity index (χ2v) is 3.87. The number of carbonyl (C=O) groups is 1. The van der Waals surface area contributed by atoms with Crippen LogP contribution in [-0.4, -0.2) is 27.0 Å². The summed E-state index contributed by atoms with van der Waals surface area (Å²) in [5, 5.41) is 11.7. The van der Waals surface area contributed by atoms with Gasteiger partial charge in [-0.3, -0.25) is 4.79 Å². The summed E-state index contributed by atoms with van der Waals surface area (Å²) >= 11 is 0. The van der Waals surface area contributed by atoms with Crippen molar-refractivity contribution in [2.45, 2.75) is 19.4 Å². The predicted molar refractivity (Wildman–Crippen MR) is 63.8 cm³/mol. The Bertz CT molecular complexity index is 474. The Hall–Kier alpha value is -1.88. The summed E-state index contributed by atoms with van der Waals surface area (Å²) < 4.78 is 1.97. The Morgan fingerprint density at radius 1 is 1.47 bits per heavy atom. The quantitative estimate of drug-likeness (QED) is 0.738. The minimum absolute atomic E-state index is 0.207. The Morgan fingerprint density at radius 3 is 3.12 bits per heavy atom. The zero-order valence-corrected chi connectivity index (χ0v) is 9.47. The Labute approximate surface area is 99.1 Å². The number of carboxylic acids is 1. The number of pyridine rings is 1. The molecule has 2 aromatic rings. The van der Waals surface area contributed by atoms with Crippen molar-refractivity contribution in [1.29, 1.82) is 0 Å². The van der Waals surface area contributed by atoms with Crippen molar-refractivity contribution in [3.63, 3.8) is 0 Å². The lowest BCUT2D eigenvalue weighted by atomic mass is 10.3. The van der Waals surface area contributed by atoms with Crippen molar-refractivity contribution in [3.05, 3.63) is 36.3 Å². The SMILES string of the molecule is O=C(O)CCCNCc1cn2ccccc2n1. The lowest BCUT2D eigenvalue weighted by Crippen LogP contribution is -2.15. The predicted octanol–water partition coefficient (Wildman–Crippen LogP) is 1.29. The molecule has 0 aliphatic rings. The number of hydrogen-bond donors (Lipinski definition) is 2. The standard InChI is InChI=1S/C12H15N3O2/c16-12(17)5-3-6-13-8-10-9-15-7-2-1-4-11(15)14-10/h1-2,4,7,9,13H,3,5-6,8H2,(H,16,17). The maximum atomic E-state index is 10.3. The van der Waals surface area contributed by atoms with Crippen LogP contribution >= 0.6 is 0 Å². The van der Waals surface area contributed by atoms with Crippen molar-refractivity contribution in [2.24, 2.45) is 0 Å². The van der Waals surface area contributed by atoms with Crippen molar-refractivity contribution in [1.82, 2.24) is 14.7 Å². The molecule has 5 heteroatoms. The van der Waals surface area contributed by atoms with E-state index in [0.29, 0.717) is 19.5 Å². The molecule has 2 aromatic heterocycles. The highest BCUT2D eigenvalue weighted by molar-refractivity contribution is 5.66. The van der Waals surface area contributed by atoms with Gasteiger partial charge >= 0.3 is 5.97 Å². The molecule has 90 valence electrons. The van der Waals surface area contributed by atoms with Crippen LogP contribution in [0, 0.1) is 0 Å². The van der Waals surface area contributed by atoms with E-state index in [-0.39, 0.29) is 6.42 Å². The van der Waals surface area contributed by atoms with E-state index < -0.39 is 5.97 Å². The zero-order valence-electron chi connectivity index (χ0n) is 9.47. The number of imidazole rings is 1. The largest absolute Gasteiger partial charge is 0.481 e. The fourth-order valence-corrected chi connectivity index (χ4v) is 1.65. The number of fused-ring (bicyclic) bond motifs is 1. The van der Waals surface area contributed by atoms with E-state index in [4.69, 9.17) is 5.11 Å². The summed E-state index contributed by atoms with van der Waals surface area (Å²) in [4.78, 5) is 14.7. The monoisotopic (exact) mass is 233 g/mol. The molecule has 0 amide bonds. The highest BCUT2D eigenvalue weighted by atomic mass is 16.4. The maximum Gasteiger partial charge on any atom is 0.303 e. The highest BCUT2D eigenvalue weighted by Crippen LogP contribution is 2.03. The van der Waals surface area contributed by atoms with Gasteiger partial charge in [0.05, 0.1) is 5.69 Å². The minimum atomic E-state index is -0.750. The fourth-order valence-electron chi connectivity index (χ4n) is 1.65. The number of aromatic nitrogens is 2. The first kappa shape index (κ1) is 11.6. The molecule has 0 unspecified atom stereocenters. The third kappa shape index (κ3) is 3.29. The molecule has 2 rings (SSSR count). The van der Waals surface area contributed by atoms with Gasteiger partial charge < -0.3 is 14.8 Å². The van der Waals surface area contributed by atoms with Crippen LogP contribution in [0.25, 0.3) is 5.65 Å². The van der Waals surface area contributed by atoms with Crippen LogP contribution in [0.15, 0.2) is 30.6 Å². The van der Waals surface area contributed by atoms with Gasteiger partial charge in [-0.05, 0) is 25.1 Å².